The highest BCUT2D eigenvalue weighted by atomic mass is 35.5. The van der Waals surface area contributed by atoms with Crippen LogP contribution in [-0.4, -0.2) is 9.97 Å². The van der Waals surface area contributed by atoms with Gasteiger partial charge in [-0.15, -0.1) is 22.7 Å². The third kappa shape index (κ3) is 3.84. The van der Waals surface area contributed by atoms with Gasteiger partial charge in [-0.25, -0.2) is 9.97 Å². The van der Waals surface area contributed by atoms with Crippen LogP contribution in [0, 0.1) is 22.7 Å². The summed E-state index contributed by atoms with van der Waals surface area (Å²) >= 11 is 18.8. The van der Waals surface area contributed by atoms with Crippen LogP contribution in [0.5, 0.6) is 0 Å². The first-order chi connectivity index (χ1) is 15.6. The standard InChI is InChI=1S/C22H8Cl2N4S4/c23-17-18(24)20(32-22-28-14-6-2-4-8-16(14)30-22)12(10-26)11(9-25)19(17)31-21-27-13-5-1-3-7-15(13)29-21/h1-8H. The van der Waals surface area contributed by atoms with Gasteiger partial charge < -0.3 is 0 Å². The van der Waals surface area contributed by atoms with Crippen LogP contribution in [0.25, 0.3) is 20.4 Å². The zero-order valence-electron chi connectivity index (χ0n) is 15.8. The predicted molar refractivity (Wildman–Crippen MR) is 133 cm³/mol. The van der Waals surface area contributed by atoms with Crippen LogP contribution in [0.2, 0.25) is 10.0 Å². The van der Waals surface area contributed by atoms with Crippen molar-refractivity contribution in [3.05, 3.63) is 69.7 Å². The molecule has 2 heterocycles. The fourth-order valence-corrected chi connectivity index (χ4v) is 8.02. The summed E-state index contributed by atoms with van der Waals surface area (Å²) in [6.07, 6.45) is 0. The summed E-state index contributed by atoms with van der Waals surface area (Å²) in [5.74, 6) is 0. The summed E-state index contributed by atoms with van der Waals surface area (Å²) < 4.78 is 3.49. The molecule has 0 spiro atoms. The second kappa shape index (κ2) is 8.92. The van der Waals surface area contributed by atoms with E-state index in [0.717, 1.165) is 29.1 Å². The molecule has 0 saturated heterocycles. The summed E-state index contributed by atoms with van der Waals surface area (Å²) in [4.78, 5) is 10.1. The molecule has 0 fully saturated rings. The smallest absolute Gasteiger partial charge is 0.156 e. The van der Waals surface area contributed by atoms with E-state index < -0.39 is 0 Å². The van der Waals surface area contributed by atoms with Gasteiger partial charge in [0.2, 0.25) is 0 Å². The van der Waals surface area contributed by atoms with Crippen LogP contribution < -0.4 is 0 Å². The normalized spacial score (nSPS) is 11.0. The highest BCUT2D eigenvalue weighted by Gasteiger charge is 2.25. The summed E-state index contributed by atoms with van der Waals surface area (Å²) in [5.41, 5.74) is 2.11. The second-order valence-electron chi connectivity index (χ2n) is 6.36. The molecule has 2 aromatic heterocycles. The van der Waals surface area contributed by atoms with E-state index >= 15 is 0 Å². The molecule has 0 atom stereocenters. The molecule has 0 aliphatic heterocycles. The lowest BCUT2D eigenvalue weighted by atomic mass is 10.1. The van der Waals surface area contributed by atoms with Crippen LogP contribution >= 0.6 is 69.4 Å². The van der Waals surface area contributed by atoms with Gasteiger partial charge in [-0.3, -0.25) is 0 Å². The fraction of sp³-hybridized carbons (Fsp3) is 0. The zero-order valence-corrected chi connectivity index (χ0v) is 20.6. The Labute approximate surface area is 209 Å². The fourth-order valence-electron chi connectivity index (χ4n) is 3.01. The number of thiazole rings is 2. The van der Waals surface area contributed by atoms with Crippen LogP contribution in [-0.2, 0) is 0 Å². The van der Waals surface area contributed by atoms with Gasteiger partial charge in [0.15, 0.2) is 8.68 Å². The molecule has 0 unspecified atom stereocenters. The van der Waals surface area contributed by atoms with Gasteiger partial charge in [-0.2, -0.15) is 10.5 Å². The number of halogens is 2. The molecule has 10 heteroatoms. The van der Waals surface area contributed by atoms with E-state index in [1.165, 1.54) is 46.2 Å². The third-order valence-corrected chi connectivity index (χ3v) is 9.94. The Morgan fingerprint density at radius 1 is 0.688 bits per heavy atom. The molecule has 32 heavy (non-hydrogen) atoms. The zero-order chi connectivity index (χ0) is 22.2. The van der Waals surface area contributed by atoms with Crippen LogP contribution in [0.15, 0.2) is 67.0 Å². The quantitative estimate of drug-likeness (QED) is 0.234. The van der Waals surface area contributed by atoms with Crippen molar-refractivity contribution in [2.45, 2.75) is 18.5 Å². The van der Waals surface area contributed by atoms with Crippen molar-refractivity contribution in [2.75, 3.05) is 0 Å². The maximum Gasteiger partial charge on any atom is 0.156 e. The van der Waals surface area contributed by atoms with E-state index in [1.807, 2.05) is 48.5 Å². The van der Waals surface area contributed by atoms with Gasteiger partial charge in [0.1, 0.15) is 12.1 Å². The van der Waals surface area contributed by atoms with Gasteiger partial charge in [0.05, 0.1) is 51.4 Å². The van der Waals surface area contributed by atoms with Gasteiger partial charge >= 0.3 is 0 Å². The number of nitriles is 2. The van der Waals surface area contributed by atoms with Crippen molar-refractivity contribution in [1.82, 2.24) is 9.97 Å². The average molecular weight is 528 g/mol. The molecule has 0 saturated carbocycles. The topological polar surface area (TPSA) is 73.4 Å². The number of rotatable bonds is 4. The Kier molecular flexibility index (Phi) is 6.00. The molecule has 0 bridgehead atoms. The molecule has 0 aliphatic carbocycles. The van der Waals surface area contributed by atoms with E-state index in [4.69, 9.17) is 23.2 Å². The molecule has 3 aromatic carbocycles. The number of para-hydroxylation sites is 2. The first-order valence-corrected chi connectivity index (χ1v) is 13.0. The Balaban J connectivity index is 1.61. The van der Waals surface area contributed by atoms with Crippen molar-refractivity contribution < 1.29 is 0 Å². The Morgan fingerprint density at radius 3 is 1.47 bits per heavy atom. The minimum atomic E-state index is 0.190. The van der Waals surface area contributed by atoms with E-state index in [-0.39, 0.29) is 21.2 Å². The molecule has 0 radical (unpaired) electrons. The van der Waals surface area contributed by atoms with Gasteiger partial charge in [-0.05, 0) is 24.3 Å². The number of benzene rings is 3. The van der Waals surface area contributed by atoms with E-state index in [1.54, 1.807) is 0 Å². The van der Waals surface area contributed by atoms with Crippen molar-refractivity contribution >= 4 is 89.8 Å². The Bertz CT molecular complexity index is 1410. The lowest BCUT2D eigenvalue weighted by molar-refractivity contribution is 1.22. The van der Waals surface area contributed by atoms with Crippen molar-refractivity contribution in [1.29, 1.82) is 10.5 Å². The number of nitrogens with zero attached hydrogens (tertiary/aromatic N) is 4. The SMILES string of the molecule is N#Cc1c(C#N)c(Sc2nc3ccccc3s2)c(Cl)c(Cl)c1Sc1nc2ccccc2s1. The van der Waals surface area contributed by atoms with Crippen molar-refractivity contribution in [3.8, 4) is 12.1 Å². The summed E-state index contributed by atoms with van der Waals surface area (Å²) in [6, 6.07) is 19.8. The van der Waals surface area contributed by atoms with Crippen LogP contribution in [0.3, 0.4) is 0 Å². The highest BCUT2D eigenvalue weighted by Crippen LogP contribution is 2.49. The Morgan fingerprint density at radius 2 is 1.09 bits per heavy atom. The van der Waals surface area contributed by atoms with Crippen molar-refractivity contribution in [2.24, 2.45) is 0 Å². The molecule has 0 aliphatic rings. The van der Waals surface area contributed by atoms with E-state index in [0.29, 0.717) is 9.79 Å². The van der Waals surface area contributed by atoms with Crippen LogP contribution in [0.4, 0.5) is 0 Å². The molecule has 154 valence electrons. The minimum absolute atomic E-state index is 0.190. The summed E-state index contributed by atoms with van der Waals surface area (Å²) in [5, 5.41) is 20.3. The Hall–Kier alpha value is -2.30. The van der Waals surface area contributed by atoms with Gasteiger partial charge in [-0.1, -0.05) is 71.0 Å². The molecular formula is C22H8Cl2N4S4. The molecular weight excluding hydrogens is 519 g/mol. The van der Waals surface area contributed by atoms with Crippen LogP contribution in [0.1, 0.15) is 11.1 Å². The van der Waals surface area contributed by atoms with E-state index in [2.05, 4.69) is 22.1 Å². The molecule has 5 aromatic rings. The van der Waals surface area contributed by atoms with Gasteiger partial charge in [0, 0.05) is 0 Å². The largest absolute Gasteiger partial charge is 0.229 e. The second-order valence-corrected chi connectivity index (χ2v) is 11.7. The monoisotopic (exact) mass is 526 g/mol. The lowest BCUT2D eigenvalue weighted by Crippen LogP contribution is -1.95. The molecule has 5 rings (SSSR count). The maximum atomic E-state index is 9.91. The minimum Gasteiger partial charge on any atom is -0.229 e. The molecule has 0 amide bonds. The molecule has 0 N–H and O–H groups in total. The first-order valence-electron chi connectivity index (χ1n) is 9.01. The molecule has 4 nitrogen and oxygen atoms in total. The summed E-state index contributed by atoms with van der Waals surface area (Å²) in [6.45, 7) is 0. The number of fused-ring (bicyclic) bond motifs is 2. The predicted octanol–water partition coefficient (Wildman–Crippen LogP) is 8.26. The number of aromatic nitrogens is 2. The average Bonchev–Trinajstić information content (AvgIpc) is 3.41. The van der Waals surface area contributed by atoms with Crippen molar-refractivity contribution in [3.63, 3.8) is 0 Å². The number of hydrogen-bond acceptors (Lipinski definition) is 8. The van der Waals surface area contributed by atoms with Gasteiger partial charge in [0.25, 0.3) is 0 Å². The lowest BCUT2D eigenvalue weighted by Gasteiger charge is -2.13. The maximum absolute atomic E-state index is 9.91. The highest BCUT2D eigenvalue weighted by molar-refractivity contribution is 8.01. The van der Waals surface area contributed by atoms with E-state index in [9.17, 15) is 10.5 Å². The first kappa shape index (κ1) is 21.5. The summed E-state index contributed by atoms with van der Waals surface area (Å²) in [7, 11) is 0. The third-order valence-electron chi connectivity index (χ3n) is 4.45. The number of hydrogen-bond donors (Lipinski definition) is 0.